The van der Waals surface area contributed by atoms with Gasteiger partial charge in [0.05, 0.1) is 35.8 Å². The molecule has 2 aliphatic carbocycles. The van der Waals surface area contributed by atoms with Crippen LogP contribution in [0, 0.1) is 18.8 Å². The number of piperidine rings is 1. The van der Waals surface area contributed by atoms with Crippen molar-refractivity contribution in [3.8, 4) is 22.9 Å². The molecule has 5 heterocycles. The fraction of sp³-hybridized carbons (Fsp3) is 0.545. The number of aryl methyl sites for hydroxylation is 1. The number of nitrogens with zero attached hydrogens (tertiary/aromatic N) is 4. The van der Waals surface area contributed by atoms with Crippen LogP contribution in [-0.2, 0) is 29.2 Å². The molecule has 2 saturated carbocycles. The highest BCUT2D eigenvalue weighted by molar-refractivity contribution is 7.91. The minimum atomic E-state index is -3.89. The van der Waals surface area contributed by atoms with E-state index in [1.165, 1.54) is 4.90 Å². The highest BCUT2D eigenvalue weighted by atomic mass is 32.2. The minimum Gasteiger partial charge on any atom is -0.496 e. The number of benzene rings is 1. The number of sulfonamides is 1. The first-order valence-corrected chi connectivity index (χ1v) is 22.7. The lowest BCUT2D eigenvalue weighted by Crippen LogP contribution is -2.57. The van der Waals surface area contributed by atoms with Gasteiger partial charge in [0, 0.05) is 61.0 Å². The monoisotopic (exact) mass is 826 g/mol. The zero-order chi connectivity index (χ0) is 41.3. The predicted molar refractivity (Wildman–Crippen MR) is 221 cm³/mol. The molecule has 2 aromatic heterocycles. The first kappa shape index (κ1) is 40.7. The van der Waals surface area contributed by atoms with Crippen molar-refractivity contribution in [3.05, 3.63) is 60.3 Å². The Labute approximate surface area is 345 Å². The number of aromatic nitrogens is 2. The van der Waals surface area contributed by atoms with Crippen LogP contribution >= 0.6 is 0 Å². The summed E-state index contributed by atoms with van der Waals surface area (Å²) in [5.74, 6) is -1.59. The van der Waals surface area contributed by atoms with E-state index in [2.05, 4.69) is 15.0 Å². The maximum Gasteiger partial charge on any atom is 0.259 e. The molecule has 5 atom stereocenters. The Morgan fingerprint density at radius 2 is 1.78 bits per heavy atom. The molecule has 0 bridgehead atoms. The number of pyridine rings is 2. The zero-order valence-corrected chi connectivity index (χ0v) is 34.7. The van der Waals surface area contributed by atoms with Crippen molar-refractivity contribution in [1.82, 2.24) is 29.8 Å². The lowest BCUT2D eigenvalue weighted by atomic mass is 9.94. The van der Waals surface area contributed by atoms with E-state index in [1.54, 1.807) is 13.3 Å². The van der Waals surface area contributed by atoms with Crippen LogP contribution in [0.1, 0.15) is 89.0 Å². The Morgan fingerprint density at radius 1 is 0.983 bits per heavy atom. The summed E-state index contributed by atoms with van der Waals surface area (Å²) in [5.41, 5.74) is 1.19. The molecule has 1 unspecified atom stereocenters. The van der Waals surface area contributed by atoms with Gasteiger partial charge in [0.25, 0.3) is 5.91 Å². The SMILES string of the molecule is COc1ccc2c(O[C@@H]3C[C@H]4C(=O)N[C@]5(C(=O)NS(=O)(=O)C6CC6)CC5C=CCCCCC[C@H](CC(=O)N5CCCCC5)C(=O)N4C3)cc(-c3ccccn3)nc2c1C. The number of ether oxygens (including phenoxy) is 2. The Kier molecular flexibility index (Phi) is 11.7. The Bertz CT molecular complexity index is 2240. The summed E-state index contributed by atoms with van der Waals surface area (Å²) in [6.45, 7) is 3.32. The number of allylic oxidation sites excluding steroid dienone is 1. The average Bonchev–Trinajstić information content (AvgIpc) is 4.17. The van der Waals surface area contributed by atoms with Crippen molar-refractivity contribution < 1.29 is 37.1 Å². The Morgan fingerprint density at radius 3 is 2.53 bits per heavy atom. The van der Waals surface area contributed by atoms with Gasteiger partial charge in [-0.15, -0.1) is 0 Å². The third kappa shape index (κ3) is 8.66. The molecule has 15 heteroatoms. The van der Waals surface area contributed by atoms with Crippen molar-refractivity contribution in [2.45, 2.75) is 113 Å². The number of hydrogen-bond donors (Lipinski definition) is 2. The van der Waals surface area contributed by atoms with Gasteiger partial charge in [0.1, 0.15) is 29.2 Å². The average molecular weight is 827 g/mol. The highest BCUT2D eigenvalue weighted by Crippen LogP contribution is 2.46. The molecule has 8 rings (SSSR count). The van der Waals surface area contributed by atoms with Gasteiger partial charge >= 0.3 is 0 Å². The number of fused-ring (bicyclic) bond motifs is 3. The first-order chi connectivity index (χ1) is 28.5. The molecule has 3 aliphatic heterocycles. The van der Waals surface area contributed by atoms with Crippen LogP contribution in [0.3, 0.4) is 0 Å². The molecule has 3 aromatic rings. The van der Waals surface area contributed by atoms with Crippen molar-refractivity contribution in [1.29, 1.82) is 0 Å². The number of rotatable bonds is 9. The third-order valence-electron chi connectivity index (χ3n) is 12.7. The summed E-state index contributed by atoms with van der Waals surface area (Å²) in [5, 5.41) is 3.06. The minimum absolute atomic E-state index is 0.0477. The molecule has 314 valence electrons. The summed E-state index contributed by atoms with van der Waals surface area (Å²) >= 11 is 0. The smallest absolute Gasteiger partial charge is 0.259 e. The van der Waals surface area contributed by atoms with E-state index in [-0.39, 0.29) is 37.6 Å². The number of carbonyl (C=O) groups is 4. The van der Waals surface area contributed by atoms with Crippen molar-refractivity contribution in [3.63, 3.8) is 0 Å². The number of likely N-dealkylation sites (tertiary alicyclic amines) is 1. The summed E-state index contributed by atoms with van der Waals surface area (Å²) in [7, 11) is -2.29. The summed E-state index contributed by atoms with van der Waals surface area (Å²) in [6, 6.07) is 10.0. The third-order valence-corrected chi connectivity index (χ3v) is 14.5. The molecule has 0 spiro atoms. The standard InChI is InChI=1S/C44H54N6O8S/c1-28-37(57-2)19-18-33-38(25-35(46-40(28)33)34-15-9-10-20-45-34)58-31-24-36-41(52)47-44(43(54)48-59(55,56)32-16-17-32)26-30(44)14-8-5-3-4-7-13-29(42(53)50(36)27-31)23-39(51)49-21-11-6-12-22-49/h8-10,14-15,18-20,25,29-32,36H,3-7,11-13,16-17,21-24,26-27H2,1-2H3,(H,47,52)(H,48,54)/t29-,30?,31-,36+,44-/m1/s1. The zero-order valence-electron chi connectivity index (χ0n) is 33.9. The molecule has 4 fully saturated rings. The number of hydrogen-bond acceptors (Lipinski definition) is 10. The predicted octanol–water partition coefficient (Wildman–Crippen LogP) is 4.98. The van der Waals surface area contributed by atoms with E-state index < -0.39 is 56.6 Å². The van der Waals surface area contributed by atoms with Crippen LogP contribution in [0.4, 0.5) is 0 Å². The molecule has 4 amide bonds. The van der Waals surface area contributed by atoms with Gasteiger partial charge in [-0.05, 0) is 89.0 Å². The Balaban J connectivity index is 1.13. The molecule has 5 aliphatic rings. The molecule has 2 N–H and O–H groups in total. The van der Waals surface area contributed by atoms with Crippen molar-refractivity contribution >= 4 is 44.6 Å². The van der Waals surface area contributed by atoms with Crippen LogP contribution in [0.15, 0.2) is 54.7 Å². The normalized spacial score (nSPS) is 26.5. The lowest BCUT2D eigenvalue weighted by molar-refractivity contribution is -0.145. The maximum absolute atomic E-state index is 14.9. The number of nitrogens with one attached hydrogen (secondary N) is 2. The second-order valence-corrected chi connectivity index (χ2v) is 18.8. The van der Waals surface area contributed by atoms with Gasteiger partial charge < -0.3 is 24.6 Å². The van der Waals surface area contributed by atoms with Crippen LogP contribution in [0.2, 0.25) is 0 Å². The lowest BCUT2D eigenvalue weighted by Gasteiger charge is -2.31. The fourth-order valence-corrected chi connectivity index (χ4v) is 10.3. The van der Waals surface area contributed by atoms with E-state index in [0.717, 1.165) is 50.5 Å². The molecular formula is C44H54N6O8S. The van der Waals surface area contributed by atoms with Crippen molar-refractivity contribution in [2.75, 3.05) is 26.7 Å². The first-order valence-electron chi connectivity index (χ1n) is 21.2. The summed E-state index contributed by atoms with van der Waals surface area (Å²) in [6.07, 6.45) is 12.9. The van der Waals surface area contributed by atoms with Gasteiger partial charge in [-0.2, -0.15) is 0 Å². The number of methoxy groups -OCH3 is 1. The van der Waals surface area contributed by atoms with Crippen LogP contribution in [0.25, 0.3) is 22.3 Å². The molecule has 0 radical (unpaired) electrons. The van der Waals surface area contributed by atoms with Crippen LogP contribution in [-0.4, -0.2) is 101 Å². The van der Waals surface area contributed by atoms with Crippen molar-refractivity contribution in [2.24, 2.45) is 11.8 Å². The molecule has 14 nitrogen and oxygen atoms in total. The number of amides is 4. The largest absolute Gasteiger partial charge is 0.496 e. The summed E-state index contributed by atoms with van der Waals surface area (Å²) < 4.78 is 40.6. The molecule has 59 heavy (non-hydrogen) atoms. The van der Waals surface area contributed by atoms with Gasteiger partial charge in [0.2, 0.25) is 27.7 Å². The second kappa shape index (κ2) is 16.9. The molecule has 1 aromatic carbocycles. The second-order valence-electron chi connectivity index (χ2n) is 16.8. The number of carbonyl (C=O) groups excluding carboxylic acids is 4. The van der Waals surface area contributed by atoms with Gasteiger partial charge in [-0.25, -0.2) is 13.4 Å². The molecular weight excluding hydrogens is 773 g/mol. The van der Waals surface area contributed by atoms with E-state index in [0.29, 0.717) is 66.1 Å². The highest BCUT2D eigenvalue weighted by Gasteiger charge is 2.62. The van der Waals surface area contributed by atoms with E-state index in [4.69, 9.17) is 14.5 Å². The van der Waals surface area contributed by atoms with E-state index >= 15 is 0 Å². The summed E-state index contributed by atoms with van der Waals surface area (Å²) in [4.78, 5) is 70.0. The van der Waals surface area contributed by atoms with Gasteiger partial charge in [0.15, 0.2) is 0 Å². The van der Waals surface area contributed by atoms with Gasteiger partial charge in [-0.1, -0.05) is 31.1 Å². The van der Waals surface area contributed by atoms with Gasteiger partial charge in [-0.3, -0.25) is 28.9 Å². The molecule has 2 saturated heterocycles. The van der Waals surface area contributed by atoms with E-state index in [9.17, 15) is 27.6 Å². The van der Waals surface area contributed by atoms with E-state index in [1.807, 2.05) is 60.4 Å². The topological polar surface area (TPSA) is 177 Å². The maximum atomic E-state index is 14.9. The quantitative estimate of drug-likeness (QED) is 0.280. The fourth-order valence-electron chi connectivity index (χ4n) is 8.99. The van der Waals surface area contributed by atoms with Crippen LogP contribution in [0.5, 0.6) is 11.5 Å². The Hall–Kier alpha value is -5.05. The van der Waals surface area contributed by atoms with Crippen LogP contribution < -0.4 is 19.5 Å².